The van der Waals surface area contributed by atoms with Gasteiger partial charge in [0.15, 0.2) is 5.03 Å². The van der Waals surface area contributed by atoms with E-state index in [2.05, 4.69) is 28.8 Å². The number of hydrogen-bond acceptors (Lipinski definition) is 3. The summed E-state index contributed by atoms with van der Waals surface area (Å²) in [4.78, 5) is 0. The highest BCUT2D eigenvalue weighted by atomic mass is 32.2. The number of rotatable bonds is 8. The third-order valence-corrected chi connectivity index (χ3v) is 4.08. The number of H-pyrrole nitrogens is 1. The lowest BCUT2D eigenvalue weighted by Crippen LogP contribution is -2.35. The summed E-state index contributed by atoms with van der Waals surface area (Å²) in [6, 6.07) is 1.48. The van der Waals surface area contributed by atoms with E-state index in [1.807, 2.05) is 0 Å². The van der Waals surface area contributed by atoms with Crippen LogP contribution < -0.4 is 4.72 Å². The third-order valence-electron chi connectivity index (χ3n) is 2.63. The van der Waals surface area contributed by atoms with E-state index in [0.29, 0.717) is 0 Å². The van der Waals surface area contributed by atoms with Crippen molar-refractivity contribution in [2.45, 2.75) is 57.0 Å². The molecule has 0 spiro atoms. The van der Waals surface area contributed by atoms with Crippen molar-refractivity contribution >= 4 is 10.0 Å². The normalized spacial score (nSPS) is 13.8. The molecule has 6 heteroatoms. The molecular weight excluding hydrogens is 238 g/mol. The van der Waals surface area contributed by atoms with Gasteiger partial charge in [0.25, 0.3) is 10.0 Å². The lowest BCUT2D eigenvalue weighted by Gasteiger charge is -2.17. The minimum absolute atomic E-state index is 0.0215. The van der Waals surface area contributed by atoms with E-state index in [9.17, 15) is 8.42 Å². The van der Waals surface area contributed by atoms with Crippen LogP contribution in [0.1, 0.15) is 46.0 Å². The van der Waals surface area contributed by atoms with Crippen molar-refractivity contribution in [3.8, 4) is 0 Å². The molecule has 1 unspecified atom stereocenters. The summed E-state index contributed by atoms with van der Waals surface area (Å²) in [5.74, 6) is 0. The van der Waals surface area contributed by atoms with Crippen molar-refractivity contribution in [2.75, 3.05) is 0 Å². The van der Waals surface area contributed by atoms with E-state index in [-0.39, 0.29) is 11.1 Å². The zero-order valence-corrected chi connectivity index (χ0v) is 11.3. The van der Waals surface area contributed by atoms with Crippen LogP contribution >= 0.6 is 0 Å². The maximum Gasteiger partial charge on any atom is 0.257 e. The molecular formula is C11H21N3O2S. The van der Waals surface area contributed by atoms with E-state index in [1.54, 1.807) is 0 Å². The second kappa shape index (κ2) is 6.76. The Bertz CT molecular complexity index is 400. The van der Waals surface area contributed by atoms with Gasteiger partial charge in [0.1, 0.15) is 0 Å². The molecule has 0 bridgehead atoms. The van der Waals surface area contributed by atoms with Gasteiger partial charge in [-0.15, -0.1) is 0 Å². The van der Waals surface area contributed by atoms with E-state index in [1.165, 1.54) is 12.3 Å². The summed E-state index contributed by atoms with van der Waals surface area (Å²) in [6.07, 6.45) is 6.28. The highest BCUT2D eigenvalue weighted by Gasteiger charge is 2.20. The van der Waals surface area contributed by atoms with Crippen molar-refractivity contribution in [3.63, 3.8) is 0 Å². The van der Waals surface area contributed by atoms with Crippen molar-refractivity contribution in [3.05, 3.63) is 12.3 Å². The van der Waals surface area contributed by atoms with Crippen molar-refractivity contribution in [1.82, 2.24) is 14.9 Å². The van der Waals surface area contributed by atoms with Gasteiger partial charge in [0.2, 0.25) is 0 Å². The van der Waals surface area contributed by atoms with Gasteiger partial charge in [0.05, 0.1) is 6.20 Å². The number of unbranched alkanes of at least 4 members (excludes halogenated alkanes) is 1. The molecule has 0 radical (unpaired) electrons. The van der Waals surface area contributed by atoms with Crippen molar-refractivity contribution in [1.29, 1.82) is 0 Å². The molecule has 0 aliphatic rings. The number of nitrogens with one attached hydrogen (secondary N) is 2. The highest BCUT2D eigenvalue weighted by molar-refractivity contribution is 7.89. The summed E-state index contributed by atoms with van der Waals surface area (Å²) in [7, 11) is -3.44. The topological polar surface area (TPSA) is 74.8 Å². The number of sulfonamides is 1. The molecule has 17 heavy (non-hydrogen) atoms. The van der Waals surface area contributed by atoms with Crippen LogP contribution in [0.15, 0.2) is 17.3 Å². The molecule has 1 heterocycles. The average Bonchev–Trinajstić information content (AvgIpc) is 2.80. The number of hydrogen-bond donors (Lipinski definition) is 2. The first-order valence-electron chi connectivity index (χ1n) is 6.11. The quantitative estimate of drug-likeness (QED) is 0.750. The number of aromatic nitrogens is 2. The Morgan fingerprint density at radius 3 is 2.65 bits per heavy atom. The van der Waals surface area contributed by atoms with Crippen LogP contribution in [-0.4, -0.2) is 24.7 Å². The van der Waals surface area contributed by atoms with Crippen LogP contribution in [0.25, 0.3) is 0 Å². The Morgan fingerprint density at radius 1 is 1.35 bits per heavy atom. The second-order valence-electron chi connectivity index (χ2n) is 4.17. The Morgan fingerprint density at radius 2 is 2.12 bits per heavy atom. The Hall–Kier alpha value is -0.880. The van der Waals surface area contributed by atoms with Gasteiger partial charge in [-0.05, 0) is 18.9 Å². The van der Waals surface area contributed by atoms with E-state index in [4.69, 9.17) is 0 Å². The standard InChI is InChI=1S/C11H21N3O2S/c1-3-5-7-10(6-4-2)14-17(15,16)11-8-9-12-13-11/h8-10,14H,3-7H2,1-2H3,(H,12,13). The lowest BCUT2D eigenvalue weighted by molar-refractivity contribution is 0.482. The van der Waals surface area contributed by atoms with Crippen molar-refractivity contribution in [2.24, 2.45) is 0 Å². The minimum Gasteiger partial charge on any atom is -0.266 e. The van der Waals surface area contributed by atoms with Crippen LogP contribution in [0, 0.1) is 0 Å². The molecule has 0 amide bonds. The van der Waals surface area contributed by atoms with Gasteiger partial charge >= 0.3 is 0 Å². The van der Waals surface area contributed by atoms with Crippen LogP contribution in [0.4, 0.5) is 0 Å². The summed E-state index contributed by atoms with van der Waals surface area (Å²) < 4.78 is 26.7. The summed E-state index contributed by atoms with van der Waals surface area (Å²) in [5, 5.41) is 6.27. The number of nitrogens with zero attached hydrogens (tertiary/aromatic N) is 1. The smallest absolute Gasteiger partial charge is 0.257 e. The summed E-state index contributed by atoms with van der Waals surface area (Å²) in [6.45, 7) is 4.16. The molecule has 0 saturated carbocycles. The fourth-order valence-corrected chi connectivity index (χ4v) is 2.95. The number of aromatic amines is 1. The molecule has 5 nitrogen and oxygen atoms in total. The molecule has 0 saturated heterocycles. The van der Waals surface area contributed by atoms with E-state index in [0.717, 1.165) is 32.1 Å². The van der Waals surface area contributed by atoms with Gasteiger partial charge in [-0.25, -0.2) is 13.1 Å². The lowest BCUT2D eigenvalue weighted by atomic mass is 10.1. The first-order valence-corrected chi connectivity index (χ1v) is 7.60. The zero-order valence-electron chi connectivity index (χ0n) is 10.4. The molecule has 98 valence electrons. The van der Waals surface area contributed by atoms with Crippen LogP contribution in [0.2, 0.25) is 0 Å². The first-order chi connectivity index (χ1) is 8.10. The second-order valence-corrected chi connectivity index (χ2v) is 5.85. The van der Waals surface area contributed by atoms with Crippen LogP contribution in [0.5, 0.6) is 0 Å². The molecule has 2 N–H and O–H groups in total. The minimum atomic E-state index is -3.44. The predicted molar refractivity (Wildman–Crippen MR) is 67.1 cm³/mol. The fraction of sp³-hybridized carbons (Fsp3) is 0.727. The first kappa shape index (κ1) is 14.2. The molecule has 0 aliphatic carbocycles. The molecule has 1 aromatic rings. The van der Waals surface area contributed by atoms with Gasteiger partial charge in [-0.1, -0.05) is 33.1 Å². The summed E-state index contributed by atoms with van der Waals surface area (Å²) in [5.41, 5.74) is 0. The Kier molecular flexibility index (Phi) is 5.64. The molecule has 1 rings (SSSR count). The Labute approximate surface area is 103 Å². The van der Waals surface area contributed by atoms with Crippen LogP contribution in [0.3, 0.4) is 0 Å². The van der Waals surface area contributed by atoms with Gasteiger partial charge < -0.3 is 0 Å². The third kappa shape index (κ3) is 4.47. The largest absolute Gasteiger partial charge is 0.266 e. The molecule has 0 fully saturated rings. The van der Waals surface area contributed by atoms with Gasteiger partial charge in [-0.3, -0.25) is 5.10 Å². The van der Waals surface area contributed by atoms with Crippen molar-refractivity contribution < 1.29 is 8.42 Å². The van der Waals surface area contributed by atoms with Gasteiger partial charge in [0, 0.05) is 6.04 Å². The molecule has 0 aromatic carbocycles. The molecule has 1 aromatic heterocycles. The molecule has 0 aliphatic heterocycles. The fourth-order valence-electron chi connectivity index (χ4n) is 1.74. The van der Waals surface area contributed by atoms with E-state index < -0.39 is 10.0 Å². The zero-order chi connectivity index (χ0) is 12.7. The van der Waals surface area contributed by atoms with E-state index >= 15 is 0 Å². The average molecular weight is 259 g/mol. The summed E-state index contributed by atoms with van der Waals surface area (Å²) >= 11 is 0. The maximum absolute atomic E-state index is 12.0. The highest BCUT2D eigenvalue weighted by Crippen LogP contribution is 2.11. The predicted octanol–water partition coefficient (Wildman–Crippen LogP) is 2.05. The molecule has 1 atom stereocenters. The van der Waals surface area contributed by atoms with Gasteiger partial charge in [-0.2, -0.15) is 5.10 Å². The monoisotopic (exact) mass is 259 g/mol. The SMILES string of the molecule is CCCCC(CCC)NS(=O)(=O)c1ccn[nH]1. The Balaban J connectivity index is 2.65. The van der Waals surface area contributed by atoms with Crippen LogP contribution in [-0.2, 0) is 10.0 Å². The maximum atomic E-state index is 12.0.